The number of fused-ring (bicyclic) bond motifs is 3. The van der Waals surface area contributed by atoms with Gasteiger partial charge in [-0.1, -0.05) is 37.7 Å². The number of furan rings is 1. The summed E-state index contributed by atoms with van der Waals surface area (Å²) < 4.78 is 13.8. The van der Waals surface area contributed by atoms with Crippen LogP contribution in [0.15, 0.2) is 50.8 Å². The molecule has 0 aliphatic heterocycles. The van der Waals surface area contributed by atoms with Crippen molar-refractivity contribution in [3.63, 3.8) is 0 Å². The third-order valence-electron chi connectivity index (χ3n) is 4.80. The molecule has 8 nitrogen and oxygen atoms in total. The number of rotatable bonds is 7. The number of para-hydroxylation sites is 1. The van der Waals surface area contributed by atoms with E-state index in [1.165, 1.54) is 18.9 Å². The Morgan fingerprint density at radius 1 is 1.20 bits per heavy atom. The molecule has 3 aromatic heterocycles. The summed E-state index contributed by atoms with van der Waals surface area (Å²) in [6.45, 7) is 4.83. The predicted molar refractivity (Wildman–Crippen MR) is 114 cm³/mol. The van der Waals surface area contributed by atoms with Gasteiger partial charge in [-0.15, -0.1) is 10.2 Å². The number of hydrogen-bond acceptors (Lipinski definition) is 7. The molecule has 0 bridgehead atoms. The molecule has 0 spiro atoms. The lowest BCUT2D eigenvalue weighted by atomic mass is 10.1. The van der Waals surface area contributed by atoms with Gasteiger partial charge in [-0.2, -0.15) is 0 Å². The Hall–Kier alpha value is -3.07. The molecule has 30 heavy (non-hydrogen) atoms. The van der Waals surface area contributed by atoms with Crippen LogP contribution in [0.5, 0.6) is 0 Å². The van der Waals surface area contributed by atoms with Gasteiger partial charge in [0.15, 0.2) is 5.16 Å². The molecular formula is C21H22N4O4S. The summed E-state index contributed by atoms with van der Waals surface area (Å²) in [5.74, 6) is 1.71. The highest BCUT2D eigenvalue weighted by atomic mass is 32.2. The minimum absolute atomic E-state index is 0.0588. The summed E-state index contributed by atoms with van der Waals surface area (Å²) >= 11 is 1.42. The van der Waals surface area contributed by atoms with Crippen LogP contribution in [0.25, 0.3) is 16.7 Å². The average Bonchev–Trinajstić information content (AvgIpc) is 3.39. The van der Waals surface area contributed by atoms with Gasteiger partial charge in [-0.3, -0.25) is 13.8 Å². The lowest BCUT2D eigenvalue weighted by molar-refractivity contribution is 0.0563. The van der Waals surface area contributed by atoms with Crippen LogP contribution in [-0.2, 0) is 17.0 Å². The first-order chi connectivity index (χ1) is 14.5. The SMILES string of the molecule is COC(=O)c1ccc(CSc2nnc3n(CCC(C)C)c(=O)c4ccccc4n23)o1. The van der Waals surface area contributed by atoms with Crippen molar-refractivity contribution in [2.75, 3.05) is 7.11 Å². The Labute approximate surface area is 176 Å². The van der Waals surface area contributed by atoms with Crippen molar-refractivity contribution < 1.29 is 13.9 Å². The Kier molecular flexibility index (Phi) is 5.63. The van der Waals surface area contributed by atoms with E-state index in [1.54, 1.807) is 16.7 Å². The van der Waals surface area contributed by atoms with Crippen LogP contribution in [0.1, 0.15) is 36.6 Å². The van der Waals surface area contributed by atoms with Gasteiger partial charge in [-0.25, -0.2) is 4.79 Å². The predicted octanol–water partition coefficient (Wildman–Crippen LogP) is 3.76. The monoisotopic (exact) mass is 426 g/mol. The number of nitrogens with zero attached hydrogens (tertiary/aromatic N) is 4. The fraction of sp³-hybridized carbons (Fsp3) is 0.333. The first kappa shape index (κ1) is 20.2. The van der Waals surface area contributed by atoms with E-state index in [4.69, 9.17) is 4.42 Å². The van der Waals surface area contributed by atoms with Crippen LogP contribution in [-0.4, -0.2) is 32.2 Å². The van der Waals surface area contributed by atoms with Gasteiger partial charge in [0.1, 0.15) is 5.76 Å². The minimum Gasteiger partial charge on any atom is -0.463 e. The second kappa shape index (κ2) is 8.35. The van der Waals surface area contributed by atoms with Crippen molar-refractivity contribution in [2.45, 2.75) is 37.7 Å². The summed E-state index contributed by atoms with van der Waals surface area (Å²) in [4.78, 5) is 24.6. The maximum atomic E-state index is 13.1. The number of aromatic nitrogens is 4. The number of aryl methyl sites for hydroxylation is 1. The zero-order valence-corrected chi connectivity index (χ0v) is 17.8. The highest BCUT2D eigenvalue weighted by molar-refractivity contribution is 7.98. The van der Waals surface area contributed by atoms with E-state index >= 15 is 0 Å². The lowest BCUT2D eigenvalue weighted by Gasteiger charge is -2.12. The lowest BCUT2D eigenvalue weighted by Crippen LogP contribution is -2.24. The van der Waals surface area contributed by atoms with Crippen molar-refractivity contribution >= 4 is 34.4 Å². The Balaban J connectivity index is 1.73. The fourth-order valence-corrected chi connectivity index (χ4v) is 4.05. The summed E-state index contributed by atoms with van der Waals surface area (Å²) in [5.41, 5.74) is 0.706. The van der Waals surface area contributed by atoms with Crippen molar-refractivity contribution in [1.82, 2.24) is 19.2 Å². The van der Waals surface area contributed by atoms with Gasteiger partial charge in [0.05, 0.1) is 23.8 Å². The first-order valence-electron chi connectivity index (χ1n) is 9.66. The van der Waals surface area contributed by atoms with E-state index in [1.807, 2.05) is 28.7 Å². The van der Waals surface area contributed by atoms with Gasteiger partial charge >= 0.3 is 5.97 Å². The summed E-state index contributed by atoms with van der Waals surface area (Å²) in [6, 6.07) is 10.8. The summed E-state index contributed by atoms with van der Waals surface area (Å²) in [7, 11) is 1.31. The second-order valence-corrected chi connectivity index (χ2v) is 8.26. The smallest absolute Gasteiger partial charge is 0.373 e. The molecule has 0 atom stereocenters. The van der Waals surface area contributed by atoms with E-state index in [0.29, 0.717) is 40.3 Å². The molecule has 0 saturated heterocycles. The maximum absolute atomic E-state index is 13.1. The van der Waals surface area contributed by atoms with Gasteiger partial charge < -0.3 is 9.15 Å². The number of ether oxygens (including phenoxy) is 1. The molecule has 9 heteroatoms. The van der Waals surface area contributed by atoms with Crippen LogP contribution in [0.2, 0.25) is 0 Å². The Bertz CT molecular complexity index is 1270. The van der Waals surface area contributed by atoms with Crippen LogP contribution in [0.3, 0.4) is 0 Å². The van der Waals surface area contributed by atoms with Crippen LogP contribution in [0, 0.1) is 5.92 Å². The zero-order valence-electron chi connectivity index (χ0n) is 17.0. The zero-order chi connectivity index (χ0) is 21.3. The van der Waals surface area contributed by atoms with Crippen molar-refractivity contribution in [1.29, 1.82) is 0 Å². The number of benzene rings is 1. The molecule has 3 heterocycles. The third kappa shape index (κ3) is 3.72. The number of carbonyl (C=O) groups is 1. The molecule has 0 unspecified atom stereocenters. The number of hydrogen-bond donors (Lipinski definition) is 0. The molecule has 0 aliphatic rings. The Morgan fingerprint density at radius 2 is 2.00 bits per heavy atom. The van der Waals surface area contributed by atoms with E-state index < -0.39 is 5.97 Å². The highest BCUT2D eigenvalue weighted by Crippen LogP contribution is 2.25. The van der Waals surface area contributed by atoms with E-state index in [0.717, 1.165) is 11.9 Å². The van der Waals surface area contributed by atoms with E-state index in [9.17, 15) is 9.59 Å². The van der Waals surface area contributed by atoms with Crippen molar-refractivity contribution in [3.8, 4) is 0 Å². The molecule has 156 valence electrons. The number of carbonyl (C=O) groups excluding carboxylic acids is 1. The molecule has 4 rings (SSSR count). The van der Waals surface area contributed by atoms with Crippen molar-refractivity contribution in [3.05, 3.63) is 58.3 Å². The van der Waals surface area contributed by atoms with Crippen LogP contribution in [0.4, 0.5) is 0 Å². The van der Waals surface area contributed by atoms with Gasteiger partial charge in [0.2, 0.25) is 11.5 Å². The standard InChI is InChI=1S/C21H22N4O4S/c1-13(2)10-11-24-18(26)15-6-4-5-7-16(15)25-20(24)22-23-21(25)30-12-14-8-9-17(29-14)19(27)28-3/h4-9,13H,10-12H2,1-3H3. The largest absolute Gasteiger partial charge is 0.463 e. The van der Waals surface area contributed by atoms with Gasteiger partial charge in [0.25, 0.3) is 5.56 Å². The average molecular weight is 426 g/mol. The van der Waals surface area contributed by atoms with E-state index in [2.05, 4.69) is 28.8 Å². The van der Waals surface area contributed by atoms with E-state index in [-0.39, 0.29) is 11.3 Å². The third-order valence-corrected chi connectivity index (χ3v) is 5.75. The highest BCUT2D eigenvalue weighted by Gasteiger charge is 2.18. The number of methoxy groups -OCH3 is 1. The maximum Gasteiger partial charge on any atom is 0.373 e. The van der Waals surface area contributed by atoms with Gasteiger partial charge in [-0.05, 0) is 36.6 Å². The molecule has 0 saturated carbocycles. The molecule has 0 fully saturated rings. The normalized spacial score (nSPS) is 11.6. The second-order valence-electron chi connectivity index (χ2n) is 7.32. The summed E-state index contributed by atoms with van der Waals surface area (Å²) in [6.07, 6.45) is 0.867. The van der Waals surface area contributed by atoms with Crippen LogP contribution < -0.4 is 5.56 Å². The molecule has 0 N–H and O–H groups in total. The number of thioether (sulfide) groups is 1. The molecular weight excluding hydrogens is 404 g/mol. The van der Waals surface area contributed by atoms with Crippen molar-refractivity contribution in [2.24, 2.45) is 5.92 Å². The topological polar surface area (TPSA) is 91.6 Å². The quantitative estimate of drug-likeness (QED) is 0.328. The Morgan fingerprint density at radius 3 is 2.77 bits per heavy atom. The summed E-state index contributed by atoms with van der Waals surface area (Å²) in [5, 5.41) is 9.92. The van der Waals surface area contributed by atoms with Gasteiger partial charge in [0, 0.05) is 6.54 Å². The fourth-order valence-electron chi connectivity index (χ4n) is 3.22. The molecule has 0 amide bonds. The van der Waals surface area contributed by atoms with Crippen LogP contribution >= 0.6 is 11.8 Å². The molecule has 4 aromatic rings. The molecule has 0 aliphatic carbocycles. The molecule has 0 radical (unpaired) electrons. The first-order valence-corrected chi connectivity index (χ1v) is 10.6. The minimum atomic E-state index is -0.514. The molecule has 1 aromatic carbocycles. The number of esters is 1.